The zero-order chi connectivity index (χ0) is 16.2. The third-order valence-electron chi connectivity index (χ3n) is 3.52. The summed E-state index contributed by atoms with van der Waals surface area (Å²) < 4.78 is 4.67. The summed E-state index contributed by atoms with van der Waals surface area (Å²) >= 11 is 5.88. The minimum Gasteiger partial charge on any atom is -0.439 e. The van der Waals surface area contributed by atoms with E-state index in [1.54, 1.807) is 0 Å². The molecule has 1 aromatic heterocycles. The number of aryl methyl sites for hydroxylation is 1. The number of nitrogens with zero attached hydrogens (tertiary/aromatic N) is 3. The molecule has 0 atom stereocenters. The molecule has 0 N–H and O–H groups in total. The average molecular weight is 332 g/mol. The van der Waals surface area contributed by atoms with Crippen molar-refractivity contribution in [2.24, 2.45) is 0 Å². The SMILES string of the molecule is O=C1COC(=O)N1CCCc1cc(-c2ccc(Cl)cc2)ncn1. The van der Waals surface area contributed by atoms with Crippen molar-refractivity contribution in [2.45, 2.75) is 12.8 Å². The summed E-state index contributed by atoms with van der Waals surface area (Å²) in [6.45, 7) is 0.172. The summed E-state index contributed by atoms with van der Waals surface area (Å²) in [5.41, 5.74) is 2.62. The maximum atomic E-state index is 11.4. The van der Waals surface area contributed by atoms with Gasteiger partial charge in [0.2, 0.25) is 0 Å². The number of carbonyl (C=O) groups excluding carboxylic acids is 2. The molecule has 2 heterocycles. The van der Waals surface area contributed by atoms with Crippen LogP contribution in [0.15, 0.2) is 36.7 Å². The van der Waals surface area contributed by atoms with Gasteiger partial charge in [0.1, 0.15) is 6.33 Å². The van der Waals surface area contributed by atoms with Gasteiger partial charge >= 0.3 is 6.09 Å². The van der Waals surface area contributed by atoms with Gasteiger partial charge in [0.25, 0.3) is 5.91 Å². The van der Waals surface area contributed by atoms with Gasteiger partial charge in [-0.05, 0) is 31.0 Å². The number of carbonyl (C=O) groups is 2. The number of aromatic nitrogens is 2. The van der Waals surface area contributed by atoms with Crippen LogP contribution in [0, 0.1) is 0 Å². The summed E-state index contributed by atoms with van der Waals surface area (Å²) in [4.78, 5) is 32.4. The summed E-state index contributed by atoms with van der Waals surface area (Å²) in [5, 5.41) is 0.671. The van der Waals surface area contributed by atoms with E-state index in [2.05, 4.69) is 14.7 Å². The van der Waals surface area contributed by atoms with Crippen LogP contribution in [0.25, 0.3) is 11.3 Å². The first-order valence-corrected chi connectivity index (χ1v) is 7.55. The Morgan fingerprint density at radius 1 is 1.17 bits per heavy atom. The summed E-state index contributed by atoms with van der Waals surface area (Å²) in [7, 11) is 0. The summed E-state index contributed by atoms with van der Waals surface area (Å²) in [6.07, 6.45) is 2.20. The van der Waals surface area contributed by atoms with Crippen LogP contribution < -0.4 is 0 Å². The first kappa shape index (κ1) is 15.4. The second-order valence-electron chi connectivity index (χ2n) is 5.10. The molecule has 7 heteroatoms. The van der Waals surface area contributed by atoms with E-state index >= 15 is 0 Å². The molecule has 2 aromatic rings. The van der Waals surface area contributed by atoms with Crippen LogP contribution >= 0.6 is 11.6 Å². The van der Waals surface area contributed by atoms with Gasteiger partial charge in [-0.3, -0.25) is 4.79 Å². The minimum atomic E-state index is -0.570. The number of amides is 2. The Bertz CT molecular complexity index is 718. The number of benzene rings is 1. The Morgan fingerprint density at radius 3 is 2.65 bits per heavy atom. The van der Waals surface area contributed by atoms with Crippen molar-refractivity contribution in [3.8, 4) is 11.3 Å². The highest BCUT2D eigenvalue weighted by molar-refractivity contribution is 6.30. The number of hydrogen-bond acceptors (Lipinski definition) is 5. The fourth-order valence-electron chi connectivity index (χ4n) is 2.33. The Balaban J connectivity index is 1.63. The molecule has 0 radical (unpaired) electrons. The average Bonchev–Trinajstić information content (AvgIpc) is 2.88. The van der Waals surface area contributed by atoms with Crippen molar-refractivity contribution in [3.63, 3.8) is 0 Å². The van der Waals surface area contributed by atoms with Crippen molar-refractivity contribution < 1.29 is 14.3 Å². The van der Waals surface area contributed by atoms with Crippen molar-refractivity contribution in [1.29, 1.82) is 0 Å². The lowest BCUT2D eigenvalue weighted by atomic mass is 10.1. The van der Waals surface area contributed by atoms with E-state index in [1.165, 1.54) is 6.33 Å². The van der Waals surface area contributed by atoms with Crippen LogP contribution in [0.4, 0.5) is 4.79 Å². The van der Waals surface area contributed by atoms with E-state index in [4.69, 9.17) is 11.6 Å². The molecule has 3 rings (SSSR count). The topological polar surface area (TPSA) is 72.4 Å². The van der Waals surface area contributed by atoms with Crippen molar-refractivity contribution >= 4 is 23.6 Å². The van der Waals surface area contributed by atoms with Gasteiger partial charge in [-0.2, -0.15) is 0 Å². The molecule has 1 aliphatic rings. The van der Waals surface area contributed by atoms with E-state index < -0.39 is 6.09 Å². The quantitative estimate of drug-likeness (QED) is 0.842. The van der Waals surface area contributed by atoms with E-state index in [9.17, 15) is 9.59 Å². The zero-order valence-electron chi connectivity index (χ0n) is 12.2. The molecule has 1 saturated heterocycles. The number of ether oxygens (including phenoxy) is 1. The maximum absolute atomic E-state index is 11.4. The highest BCUT2D eigenvalue weighted by atomic mass is 35.5. The molecule has 0 aliphatic carbocycles. The zero-order valence-corrected chi connectivity index (χ0v) is 13.0. The maximum Gasteiger partial charge on any atom is 0.417 e. The minimum absolute atomic E-state index is 0.160. The van der Waals surface area contributed by atoms with Crippen LogP contribution in [0.5, 0.6) is 0 Å². The fourth-order valence-corrected chi connectivity index (χ4v) is 2.45. The molecule has 0 saturated carbocycles. The lowest BCUT2D eigenvalue weighted by molar-refractivity contribution is -0.125. The first-order valence-electron chi connectivity index (χ1n) is 7.17. The summed E-state index contributed by atoms with van der Waals surface area (Å²) in [6, 6.07) is 9.31. The van der Waals surface area contributed by atoms with E-state index in [-0.39, 0.29) is 12.5 Å². The number of halogens is 1. The van der Waals surface area contributed by atoms with Crippen molar-refractivity contribution in [1.82, 2.24) is 14.9 Å². The Labute approximate surface area is 138 Å². The largest absolute Gasteiger partial charge is 0.439 e. The molecule has 1 aliphatic heterocycles. The highest BCUT2D eigenvalue weighted by Crippen LogP contribution is 2.20. The number of rotatable bonds is 5. The van der Waals surface area contributed by atoms with Crippen LogP contribution in [0.3, 0.4) is 0 Å². The number of cyclic esters (lactones) is 1. The Morgan fingerprint density at radius 2 is 1.96 bits per heavy atom. The third-order valence-corrected chi connectivity index (χ3v) is 3.77. The lowest BCUT2D eigenvalue weighted by Gasteiger charge is -2.10. The van der Waals surface area contributed by atoms with E-state index in [0.717, 1.165) is 21.9 Å². The monoisotopic (exact) mass is 331 g/mol. The highest BCUT2D eigenvalue weighted by Gasteiger charge is 2.30. The van der Waals surface area contributed by atoms with Gasteiger partial charge < -0.3 is 4.74 Å². The molecule has 23 heavy (non-hydrogen) atoms. The molecule has 6 nitrogen and oxygen atoms in total. The lowest BCUT2D eigenvalue weighted by Crippen LogP contribution is -2.30. The molecule has 0 spiro atoms. The molecular weight excluding hydrogens is 318 g/mol. The van der Waals surface area contributed by atoms with Gasteiger partial charge in [0.05, 0.1) is 5.69 Å². The molecule has 2 amide bonds. The second kappa shape index (κ2) is 6.75. The Kier molecular flexibility index (Phi) is 4.52. The second-order valence-corrected chi connectivity index (χ2v) is 5.54. The molecule has 0 bridgehead atoms. The fraction of sp³-hybridized carbons (Fsp3) is 0.250. The predicted molar refractivity (Wildman–Crippen MR) is 83.9 cm³/mol. The van der Waals surface area contributed by atoms with Gasteiger partial charge in [0.15, 0.2) is 6.61 Å². The van der Waals surface area contributed by atoms with Crippen LogP contribution in [-0.2, 0) is 16.0 Å². The smallest absolute Gasteiger partial charge is 0.417 e. The van der Waals surface area contributed by atoms with Crippen molar-refractivity contribution in [3.05, 3.63) is 47.4 Å². The molecule has 0 unspecified atom stereocenters. The molecular formula is C16H14ClN3O3. The number of hydrogen-bond donors (Lipinski definition) is 0. The van der Waals surface area contributed by atoms with Gasteiger partial charge in [-0.1, -0.05) is 23.7 Å². The molecule has 118 valence electrons. The normalized spacial score (nSPS) is 14.2. The van der Waals surface area contributed by atoms with Crippen LogP contribution in [0.2, 0.25) is 5.02 Å². The third kappa shape index (κ3) is 3.65. The van der Waals surface area contributed by atoms with E-state index in [0.29, 0.717) is 24.4 Å². The van der Waals surface area contributed by atoms with Crippen molar-refractivity contribution in [2.75, 3.05) is 13.2 Å². The van der Waals surface area contributed by atoms with Crippen LogP contribution in [0.1, 0.15) is 12.1 Å². The summed E-state index contributed by atoms with van der Waals surface area (Å²) in [5.74, 6) is -0.292. The number of imide groups is 1. The van der Waals surface area contributed by atoms with Gasteiger partial charge in [-0.25, -0.2) is 19.7 Å². The van der Waals surface area contributed by atoms with Crippen LogP contribution in [-0.4, -0.2) is 40.0 Å². The Hall–Kier alpha value is -2.47. The van der Waals surface area contributed by atoms with E-state index in [1.807, 2.05) is 30.3 Å². The first-order chi connectivity index (χ1) is 11.1. The standard InChI is InChI=1S/C16H14ClN3O3/c17-12-5-3-11(4-6-12)14-8-13(18-10-19-14)2-1-7-20-15(21)9-23-16(20)22/h3-6,8,10H,1-2,7,9H2. The van der Waals surface area contributed by atoms with Gasteiger partial charge in [0, 0.05) is 22.8 Å². The molecule has 1 fully saturated rings. The predicted octanol–water partition coefficient (Wildman–Crippen LogP) is 2.71. The van der Waals surface area contributed by atoms with Gasteiger partial charge in [-0.15, -0.1) is 0 Å². The molecule has 1 aromatic carbocycles.